The number of aryl methyl sites for hydroxylation is 1. The molecule has 1 aromatic heterocycles. The number of aromatic nitrogens is 2. The summed E-state index contributed by atoms with van der Waals surface area (Å²) in [6, 6.07) is 0. The predicted molar refractivity (Wildman–Crippen MR) is 58.8 cm³/mol. The number of fused-ring (bicyclic) bond motifs is 1. The summed E-state index contributed by atoms with van der Waals surface area (Å²) in [5.41, 5.74) is 1.13. The number of hydrogen-bond donors (Lipinski definition) is 1. The Morgan fingerprint density at radius 3 is 3.31 bits per heavy atom. The molecule has 16 heavy (non-hydrogen) atoms. The van der Waals surface area contributed by atoms with Crippen LogP contribution in [0.25, 0.3) is 0 Å². The normalized spacial score (nSPS) is 19.2. The molecule has 5 heteroatoms. The van der Waals surface area contributed by atoms with Crippen LogP contribution >= 0.6 is 0 Å². The lowest BCUT2D eigenvalue weighted by molar-refractivity contribution is -0.135. The Morgan fingerprint density at radius 1 is 1.75 bits per heavy atom. The Labute approximate surface area is 94.7 Å². The third-order valence-electron chi connectivity index (χ3n) is 3.13. The zero-order valence-electron chi connectivity index (χ0n) is 9.46. The number of aliphatic hydroxyl groups is 1. The molecular weight excluding hydrogens is 206 g/mol. The van der Waals surface area contributed by atoms with Crippen molar-refractivity contribution in [2.24, 2.45) is 5.92 Å². The standard InChI is InChI=1S/C11H17N3O2/c1-13(4-5-15)11(16)9-2-3-14-8-12-7-10(14)6-9/h7-9,15H,2-6H2,1H3. The second-order valence-electron chi connectivity index (χ2n) is 4.25. The van der Waals surface area contributed by atoms with Crippen molar-refractivity contribution < 1.29 is 9.90 Å². The Bertz CT molecular complexity index is 375. The lowest BCUT2D eigenvalue weighted by Gasteiger charge is -2.27. The van der Waals surface area contributed by atoms with Gasteiger partial charge < -0.3 is 14.6 Å². The van der Waals surface area contributed by atoms with Gasteiger partial charge in [-0.05, 0) is 6.42 Å². The van der Waals surface area contributed by atoms with E-state index in [4.69, 9.17) is 5.11 Å². The third kappa shape index (κ3) is 2.09. The van der Waals surface area contributed by atoms with E-state index in [0.717, 1.165) is 25.1 Å². The number of aliphatic hydroxyl groups excluding tert-OH is 1. The number of nitrogens with zero attached hydrogens (tertiary/aromatic N) is 3. The van der Waals surface area contributed by atoms with Crippen LogP contribution in [0.1, 0.15) is 12.1 Å². The molecule has 1 amide bonds. The smallest absolute Gasteiger partial charge is 0.225 e. The van der Waals surface area contributed by atoms with Crippen LogP contribution in [-0.2, 0) is 17.8 Å². The van der Waals surface area contributed by atoms with Gasteiger partial charge in [0.05, 0.1) is 12.9 Å². The highest BCUT2D eigenvalue weighted by molar-refractivity contribution is 5.79. The second kappa shape index (κ2) is 4.65. The topological polar surface area (TPSA) is 58.4 Å². The summed E-state index contributed by atoms with van der Waals surface area (Å²) >= 11 is 0. The van der Waals surface area contributed by atoms with Gasteiger partial charge in [-0.3, -0.25) is 4.79 Å². The first-order valence-electron chi connectivity index (χ1n) is 5.57. The minimum Gasteiger partial charge on any atom is -0.395 e. The maximum atomic E-state index is 12.0. The zero-order valence-corrected chi connectivity index (χ0v) is 9.46. The van der Waals surface area contributed by atoms with E-state index in [1.54, 1.807) is 11.9 Å². The van der Waals surface area contributed by atoms with Gasteiger partial charge in [0.2, 0.25) is 5.91 Å². The molecule has 0 aromatic carbocycles. The molecule has 1 aromatic rings. The summed E-state index contributed by atoms with van der Waals surface area (Å²) < 4.78 is 2.09. The van der Waals surface area contributed by atoms with Gasteiger partial charge in [-0.2, -0.15) is 0 Å². The summed E-state index contributed by atoms with van der Waals surface area (Å²) in [5.74, 6) is 0.169. The van der Waals surface area contributed by atoms with Crippen molar-refractivity contribution in [3.8, 4) is 0 Å². The summed E-state index contributed by atoms with van der Waals surface area (Å²) in [5, 5.41) is 8.80. The van der Waals surface area contributed by atoms with Gasteiger partial charge in [0, 0.05) is 44.4 Å². The molecule has 1 aliphatic heterocycles. The van der Waals surface area contributed by atoms with Gasteiger partial charge >= 0.3 is 0 Å². The Balaban J connectivity index is 2.00. The highest BCUT2D eigenvalue weighted by atomic mass is 16.3. The van der Waals surface area contributed by atoms with E-state index in [2.05, 4.69) is 9.55 Å². The maximum absolute atomic E-state index is 12.0. The number of carbonyl (C=O) groups excluding carboxylic acids is 1. The van der Waals surface area contributed by atoms with Gasteiger partial charge in [0.1, 0.15) is 0 Å². The van der Waals surface area contributed by atoms with Crippen molar-refractivity contribution in [3.63, 3.8) is 0 Å². The monoisotopic (exact) mass is 223 g/mol. The SMILES string of the molecule is CN(CCO)C(=O)C1CCn2cncc2C1. The number of likely N-dealkylation sites (N-methyl/N-ethyl adjacent to an activating group) is 1. The Morgan fingerprint density at radius 2 is 2.56 bits per heavy atom. The summed E-state index contributed by atoms with van der Waals surface area (Å²) in [7, 11) is 1.74. The molecule has 0 spiro atoms. The van der Waals surface area contributed by atoms with Crippen molar-refractivity contribution in [2.75, 3.05) is 20.2 Å². The lowest BCUT2D eigenvalue weighted by Crippen LogP contribution is -2.38. The summed E-state index contributed by atoms with van der Waals surface area (Å²) in [6.07, 6.45) is 5.26. The molecule has 2 rings (SSSR count). The predicted octanol–water partition coefficient (Wildman–Crippen LogP) is -0.104. The first-order chi connectivity index (χ1) is 7.72. The van der Waals surface area contributed by atoms with Gasteiger partial charge in [0.15, 0.2) is 0 Å². The van der Waals surface area contributed by atoms with Crippen molar-refractivity contribution >= 4 is 5.91 Å². The number of amides is 1. The molecule has 0 aliphatic carbocycles. The van der Waals surface area contributed by atoms with E-state index in [-0.39, 0.29) is 18.4 Å². The third-order valence-corrected chi connectivity index (χ3v) is 3.13. The van der Waals surface area contributed by atoms with E-state index >= 15 is 0 Å². The molecule has 1 unspecified atom stereocenters. The van der Waals surface area contributed by atoms with Crippen LogP contribution in [0.15, 0.2) is 12.5 Å². The van der Waals surface area contributed by atoms with Crippen LogP contribution in [-0.4, -0.2) is 45.7 Å². The van der Waals surface area contributed by atoms with Crippen molar-refractivity contribution in [1.29, 1.82) is 0 Å². The highest BCUT2D eigenvalue weighted by Crippen LogP contribution is 2.21. The molecular formula is C11H17N3O2. The minimum absolute atomic E-state index is 0.0207. The van der Waals surface area contributed by atoms with Crippen LogP contribution in [0, 0.1) is 5.92 Å². The van der Waals surface area contributed by atoms with E-state index in [1.165, 1.54) is 0 Å². The van der Waals surface area contributed by atoms with E-state index in [9.17, 15) is 4.79 Å². The van der Waals surface area contributed by atoms with E-state index in [1.807, 2.05) is 12.5 Å². The van der Waals surface area contributed by atoms with Crippen LogP contribution in [0.5, 0.6) is 0 Å². The number of rotatable bonds is 3. The molecule has 0 saturated heterocycles. The fraction of sp³-hybridized carbons (Fsp3) is 0.636. The largest absolute Gasteiger partial charge is 0.395 e. The fourth-order valence-corrected chi connectivity index (χ4v) is 2.15. The van der Waals surface area contributed by atoms with Crippen molar-refractivity contribution in [1.82, 2.24) is 14.5 Å². The van der Waals surface area contributed by atoms with Crippen LogP contribution in [0.4, 0.5) is 0 Å². The first kappa shape index (κ1) is 11.1. The van der Waals surface area contributed by atoms with Crippen LogP contribution < -0.4 is 0 Å². The molecule has 0 bridgehead atoms. The van der Waals surface area contributed by atoms with Gasteiger partial charge in [-0.25, -0.2) is 4.98 Å². The molecule has 1 aliphatic rings. The lowest BCUT2D eigenvalue weighted by atomic mass is 9.95. The molecule has 5 nitrogen and oxygen atoms in total. The maximum Gasteiger partial charge on any atom is 0.225 e. The number of hydrogen-bond acceptors (Lipinski definition) is 3. The average Bonchev–Trinajstić information content (AvgIpc) is 2.75. The fourth-order valence-electron chi connectivity index (χ4n) is 2.15. The average molecular weight is 223 g/mol. The molecule has 0 saturated carbocycles. The molecule has 1 atom stereocenters. The van der Waals surface area contributed by atoms with Crippen molar-refractivity contribution in [3.05, 3.63) is 18.2 Å². The number of imidazole rings is 1. The highest BCUT2D eigenvalue weighted by Gasteiger charge is 2.26. The second-order valence-corrected chi connectivity index (χ2v) is 4.25. The molecule has 0 fully saturated rings. The van der Waals surface area contributed by atoms with Crippen LogP contribution in [0.3, 0.4) is 0 Å². The quantitative estimate of drug-likeness (QED) is 0.778. The minimum atomic E-state index is 0.0207. The van der Waals surface area contributed by atoms with Gasteiger partial charge in [-0.1, -0.05) is 0 Å². The zero-order chi connectivity index (χ0) is 11.5. The molecule has 2 heterocycles. The van der Waals surface area contributed by atoms with E-state index < -0.39 is 0 Å². The number of carbonyl (C=O) groups is 1. The Hall–Kier alpha value is -1.36. The van der Waals surface area contributed by atoms with E-state index in [0.29, 0.717) is 6.54 Å². The molecule has 0 radical (unpaired) electrons. The molecule has 88 valence electrons. The van der Waals surface area contributed by atoms with Gasteiger partial charge in [-0.15, -0.1) is 0 Å². The van der Waals surface area contributed by atoms with Crippen LogP contribution in [0.2, 0.25) is 0 Å². The molecule has 1 N–H and O–H groups in total. The Kier molecular flexibility index (Phi) is 3.24. The van der Waals surface area contributed by atoms with Gasteiger partial charge in [0.25, 0.3) is 0 Å². The summed E-state index contributed by atoms with van der Waals surface area (Å²) in [6.45, 7) is 1.29. The van der Waals surface area contributed by atoms with Crippen molar-refractivity contribution in [2.45, 2.75) is 19.4 Å². The first-order valence-corrected chi connectivity index (χ1v) is 5.57. The summed E-state index contributed by atoms with van der Waals surface area (Å²) in [4.78, 5) is 17.7.